The molecule has 1 N–H and O–H groups in total. The van der Waals surface area contributed by atoms with Crippen LogP contribution in [0.5, 0.6) is 5.75 Å². The Hall–Kier alpha value is -2.64. The van der Waals surface area contributed by atoms with Gasteiger partial charge >= 0.3 is 5.97 Å². The molecule has 0 heterocycles. The van der Waals surface area contributed by atoms with Crippen LogP contribution < -0.4 is 10.1 Å². The van der Waals surface area contributed by atoms with E-state index < -0.39 is 5.97 Å². The van der Waals surface area contributed by atoms with E-state index in [0.29, 0.717) is 30.5 Å². The lowest BCUT2D eigenvalue weighted by Crippen LogP contribution is -2.12. The molecule has 0 atom stereocenters. The standard InChI is InChI=1S/C18H24N2O5/c1-5-10-19-16(6-2)20-15-9-7-8-14(18(21)23-4)17(15)25-13-24-12-11-22-3/h5-10,20H,1,11-13H2,2-4H3/b16-6+,19-10-. The third kappa shape index (κ3) is 6.78. The molecule has 0 unspecified atom stereocenters. The minimum atomic E-state index is -0.507. The summed E-state index contributed by atoms with van der Waals surface area (Å²) in [5.41, 5.74) is 0.846. The summed E-state index contributed by atoms with van der Waals surface area (Å²) in [6.45, 7) is 6.22. The molecule has 7 nitrogen and oxygen atoms in total. The number of aliphatic imine (C=N–C) groups is 1. The fourth-order valence-corrected chi connectivity index (χ4v) is 1.81. The second-order valence-corrected chi connectivity index (χ2v) is 4.65. The molecule has 0 fully saturated rings. The molecular weight excluding hydrogens is 324 g/mol. The van der Waals surface area contributed by atoms with Gasteiger partial charge in [0.15, 0.2) is 12.5 Å². The highest BCUT2D eigenvalue weighted by atomic mass is 16.7. The maximum absolute atomic E-state index is 12.0. The number of hydrogen-bond donors (Lipinski definition) is 1. The molecule has 0 bridgehead atoms. The fraction of sp³-hybridized carbons (Fsp3) is 0.333. The molecule has 0 amide bonds. The van der Waals surface area contributed by atoms with E-state index in [4.69, 9.17) is 18.9 Å². The number of ether oxygens (including phenoxy) is 4. The first-order valence-electron chi connectivity index (χ1n) is 7.67. The molecule has 1 rings (SSSR count). The largest absolute Gasteiger partial charge is 0.465 e. The number of methoxy groups -OCH3 is 2. The molecule has 1 aromatic carbocycles. The molecule has 0 saturated carbocycles. The Bertz CT molecular complexity index is 626. The fourth-order valence-electron chi connectivity index (χ4n) is 1.81. The number of nitrogens with one attached hydrogen (secondary N) is 1. The summed E-state index contributed by atoms with van der Waals surface area (Å²) >= 11 is 0. The van der Waals surface area contributed by atoms with Gasteiger partial charge in [-0.3, -0.25) is 0 Å². The van der Waals surface area contributed by atoms with E-state index in [9.17, 15) is 4.79 Å². The molecule has 0 aromatic heterocycles. The number of nitrogens with zero attached hydrogens (tertiary/aromatic N) is 1. The van der Waals surface area contributed by atoms with E-state index in [1.165, 1.54) is 7.11 Å². The van der Waals surface area contributed by atoms with Crippen molar-refractivity contribution in [1.29, 1.82) is 0 Å². The van der Waals surface area contributed by atoms with Crippen LogP contribution in [0.4, 0.5) is 5.69 Å². The lowest BCUT2D eigenvalue weighted by Gasteiger charge is -2.16. The van der Waals surface area contributed by atoms with Gasteiger partial charge in [0.1, 0.15) is 11.4 Å². The van der Waals surface area contributed by atoms with Gasteiger partial charge in [-0.05, 0) is 25.1 Å². The summed E-state index contributed by atoms with van der Waals surface area (Å²) in [6.07, 6.45) is 4.90. The molecule has 7 heteroatoms. The van der Waals surface area contributed by atoms with Crippen molar-refractivity contribution in [2.45, 2.75) is 6.92 Å². The normalized spacial score (nSPS) is 11.4. The van der Waals surface area contributed by atoms with E-state index in [1.54, 1.807) is 43.7 Å². The Morgan fingerprint density at radius 3 is 2.76 bits per heavy atom. The lowest BCUT2D eigenvalue weighted by atomic mass is 10.1. The summed E-state index contributed by atoms with van der Waals surface area (Å²) in [6, 6.07) is 5.10. The number of allylic oxidation sites excluding steroid dienone is 2. The van der Waals surface area contributed by atoms with Gasteiger partial charge in [0, 0.05) is 13.3 Å². The Labute approximate surface area is 147 Å². The summed E-state index contributed by atoms with van der Waals surface area (Å²) in [7, 11) is 2.90. The molecule has 0 aliphatic heterocycles. The van der Waals surface area contributed by atoms with Crippen LogP contribution >= 0.6 is 0 Å². The van der Waals surface area contributed by atoms with Gasteiger partial charge in [0.25, 0.3) is 0 Å². The Morgan fingerprint density at radius 1 is 1.32 bits per heavy atom. The molecule has 136 valence electrons. The lowest BCUT2D eigenvalue weighted by molar-refractivity contribution is -0.00874. The van der Waals surface area contributed by atoms with Crippen LogP contribution in [-0.2, 0) is 14.2 Å². The van der Waals surface area contributed by atoms with Crippen molar-refractivity contribution in [1.82, 2.24) is 0 Å². The summed E-state index contributed by atoms with van der Waals surface area (Å²) in [5, 5.41) is 3.11. The van der Waals surface area contributed by atoms with Crippen molar-refractivity contribution in [2.75, 3.05) is 39.5 Å². The molecule has 0 radical (unpaired) electrons. The van der Waals surface area contributed by atoms with Crippen molar-refractivity contribution in [3.8, 4) is 5.75 Å². The number of benzene rings is 1. The summed E-state index contributed by atoms with van der Waals surface area (Å²) in [5.74, 6) is 0.388. The van der Waals surface area contributed by atoms with Crippen molar-refractivity contribution in [2.24, 2.45) is 4.99 Å². The highest BCUT2D eigenvalue weighted by Gasteiger charge is 2.17. The number of rotatable bonds is 11. The van der Waals surface area contributed by atoms with Crippen LogP contribution in [0.1, 0.15) is 17.3 Å². The minimum Gasteiger partial charge on any atom is -0.465 e. The first-order chi connectivity index (χ1) is 12.2. The van der Waals surface area contributed by atoms with Gasteiger partial charge in [-0.2, -0.15) is 0 Å². The zero-order chi connectivity index (χ0) is 18.5. The average Bonchev–Trinajstić information content (AvgIpc) is 2.64. The minimum absolute atomic E-state index is 0.0346. The number of hydrogen-bond acceptors (Lipinski definition) is 7. The number of carbonyl (C=O) groups is 1. The molecule has 0 aliphatic carbocycles. The van der Waals surface area contributed by atoms with Gasteiger partial charge in [-0.15, -0.1) is 0 Å². The molecule has 0 saturated heterocycles. The SMILES string of the molecule is C=C/C=N\C(=C/C)Nc1cccc(C(=O)OC)c1OCOCCOC. The first kappa shape index (κ1) is 20.4. The molecular formula is C18H24N2O5. The quantitative estimate of drug-likeness (QED) is 0.287. The van der Waals surface area contributed by atoms with Crippen molar-refractivity contribution in [3.63, 3.8) is 0 Å². The molecule has 25 heavy (non-hydrogen) atoms. The smallest absolute Gasteiger partial charge is 0.341 e. The highest BCUT2D eigenvalue weighted by Crippen LogP contribution is 2.31. The van der Waals surface area contributed by atoms with Crippen LogP contribution in [-0.4, -0.2) is 46.4 Å². The van der Waals surface area contributed by atoms with Gasteiger partial charge in [-0.1, -0.05) is 18.7 Å². The summed E-state index contributed by atoms with van der Waals surface area (Å²) in [4.78, 5) is 16.2. The second-order valence-electron chi connectivity index (χ2n) is 4.65. The Morgan fingerprint density at radius 2 is 2.12 bits per heavy atom. The predicted molar refractivity (Wildman–Crippen MR) is 97.2 cm³/mol. The maximum atomic E-state index is 12.0. The van der Waals surface area contributed by atoms with E-state index in [-0.39, 0.29) is 12.4 Å². The van der Waals surface area contributed by atoms with Crippen LogP contribution in [0.25, 0.3) is 0 Å². The van der Waals surface area contributed by atoms with Crippen molar-refractivity contribution < 1.29 is 23.7 Å². The first-order valence-corrected chi connectivity index (χ1v) is 7.67. The number of esters is 1. The predicted octanol–water partition coefficient (Wildman–Crippen LogP) is 3.00. The molecule has 0 aliphatic rings. The zero-order valence-electron chi connectivity index (χ0n) is 14.8. The molecule has 1 aromatic rings. The van der Waals surface area contributed by atoms with Gasteiger partial charge < -0.3 is 24.3 Å². The van der Waals surface area contributed by atoms with Crippen LogP contribution in [0.15, 0.2) is 47.7 Å². The van der Waals surface area contributed by atoms with E-state index >= 15 is 0 Å². The van der Waals surface area contributed by atoms with Crippen molar-refractivity contribution >= 4 is 17.9 Å². The van der Waals surface area contributed by atoms with Gasteiger partial charge in [-0.25, -0.2) is 9.79 Å². The van der Waals surface area contributed by atoms with Crippen LogP contribution in [0, 0.1) is 0 Å². The third-order valence-corrected chi connectivity index (χ3v) is 2.99. The number of anilines is 1. The van der Waals surface area contributed by atoms with Gasteiger partial charge in [0.2, 0.25) is 0 Å². The average molecular weight is 348 g/mol. The molecule has 0 spiro atoms. The number of para-hydroxylation sites is 1. The monoisotopic (exact) mass is 348 g/mol. The maximum Gasteiger partial charge on any atom is 0.341 e. The van der Waals surface area contributed by atoms with E-state index in [2.05, 4.69) is 16.9 Å². The highest BCUT2D eigenvalue weighted by molar-refractivity contribution is 5.95. The van der Waals surface area contributed by atoms with E-state index in [1.807, 2.05) is 6.92 Å². The zero-order valence-corrected chi connectivity index (χ0v) is 14.8. The number of carbonyl (C=O) groups excluding carboxylic acids is 1. The second kappa shape index (κ2) is 11.8. The third-order valence-electron chi connectivity index (χ3n) is 2.99. The van der Waals surface area contributed by atoms with Crippen LogP contribution in [0.3, 0.4) is 0 Å². The van der Waals surface area contributed by atoms with Crippen molar-refractivity contribution in [3.05, 3.63) is 48.3 Å². The Kier molecular flexibility index (Phi) is 9.65. The Balaban J connectivity index is 3.03. The van der Waals surface area contributed by atoms with Crippen LogP contribution in [0.2, 0.25) is 0 Å². The van der Waals surface area contributed by atoms with Gasteiger partial charge in [0.05, 0.1) is 26.0 Å². The van der Waals surface area contributed by atoms with E-state index in [0.717, 1.165) is 0 Å². The topological polar surface area (TPSA) is 78.4 Å². The summed E-state index contributed by atoms with van der Waals surface area (Å²) < 4.78 is 20.7.